The minimum Gasteiger partial charge on any atom is -0.454 e. The highest BCUT2D eigenvalue weighted by Gasteiger charge is 2.33. The smallest absolute Gasteiger partial charge is 0.216 e. The topological polar surface area (TPSA) is 17.0 Å². The van der Waals surface area contributed by atoms with Crippen LogP contribution in [-0.4, -0.2) is 0 Å². The predicted octanol–water partition coefficient (Wildman–Crippen LogP) is 10.9. The Kier molecular flexibility index (Phi) is 7.19. The van der Waals surface area contributed by atoms with E-state index in [0.717, 1.165) is 57.0 Å². The van der Waals surface area contributed by atoms with Gasteiger partial charge >= 0.3 is 0 Å². The first-order valence-corrected chi connectivity index (χ1v) is 16.4. The van der Waals surface area contributed by atoms with Crippen LogP contribution >= 0.6 is 0 Å². The van der Waals surface area contributed by atoms with Crippen LogP contribution in [0.25, 0.3) is 44.3 Å². The summed E-state index contributed by atoms with van der Waals surface area (Å²) in [4.78, 5) is 0. The van der Waals surface area contributed by atoms with Gasteiger partial charge in [0.1, 0.15) is 24.0 Å². The minimum atomic E-state index is -0.238. The molecule has 0 saturated heterocycles. The van der Waals surface area contributed by atoms with Crippen molar-refractivity contribution in [2.75, 3.05) is 0 Å². The zero-order valence-corrected chi connectivity index (χ0v) is 26.5. The molecule has 0 radical (unpaired) electrons. The van der Waals surface area contributed by atoms with Crippen molar-refractivity contribution in [3.05, 3.63) is 89.4 Å². The second-order valence-electron chi connectivity index (χ2n) is 14.7. The van der Waals surface area contributed by atoms with Gasteiger partial charge in [-0.3, -0.25) is 0 Å². The Hall–Kier alpha value is -3.46. The number of nitrogens with zero attached hydrogens (tertiary/aromatic N) is 1. The van der Waals surface area contributed by atoms with Crippen molar-refractivity contribution in [2.24, 2.45) is 24.3 Å². The summed E-state index contributed by atoms with van der Waals surface area (Å²) in [6.45, 7) is 8.96. The Bertz CT molecular complexity index is 1810. The molecule has 2 aliphatic rings. The van der Waals surface area contributed by atoms with Crippen LogP contribution in [0.15, 0.2) is 71.3 Å². The van der Waals surface area contributed by atoms with E-state index in [1.54, 1.807) is 6.07 Å². The summed E-state index contributed by atoms with van der Waals surface area (Å²) in [6, 6.07) is 21.0. The first-order valence-electron chi connectivity index (χ1n) is 16.4. The van der Waals surface area contributed by atoms with Gasteiger partial charge in [0.2, 0.25) is 5.69 Å². The van der Waals surface area contributed by atoms with Crippen molar-refractivity contribution >= 4 is 21.9 Å². The third kappa shape index (κ3) is 5.30. The second-order valence-corrected chi connectivity index (χ2v) is 14.7. The number of benzene rings is 3. The average Bonchev–Trinajstić information content (AvgIpc) is 3.36. The summed E-state index contributed by atoms with van der Waals surface area (Å²) < 4.78 is 24.6. The molecule has 0 amide bonds. The third-order valence-corrected chi connectivity index (χ3v) is 10.4. The maximum absolute atomic E-state index is 15.7. The molecule has 2 aliphatic carbocycles. The number of hydrogen-bond donors (Lipinski definition) is 0. The number of pyridine rings is 1. The SMILES string of the molecule is Cc1ccc2c(oc3c(-c4ccc(C5CCC6CCCCC6C5)cc4)c(F)ccc32)c1-c1cc(CC(C)(C)C)cc[n+]1C. The lowest BCUT2D eigenvalue weighted by molar-refractivity contribution is -0.660. The van der Waals surface area contributed by atoms with Gasteiger partial charge in [-0.1, -0.05) is 82.9 Å². The van der Waals surface area contributed by atoms with Crippen molar-refractivity contribution in [2.45, 2.75) is 85.0 Å². The summed E-state index contributed by atoms with van der Waals surface area (Å²) in [6.07, 6.45) is 12.7. The molecule has 7 rings (SSSR count). The van der Waals surface area contributed by atoms with E-state index in [-0.39, 0.29) is 11.2 Å². The fraction of sp³-hybridized carbons (Fsp3) is 0.425. The summed E-state index contributed by atoms with van der Waals surface area (Å²) >= 11 is 0. The van der Waals surface area contributed by atoms with E-state index >= 15 is 4.39 Å². The fourth-order valence-corrected chi connectivity index (χ4v) is 8.25. The molecule has 0 spiro atoms. The number of aryl methyl sites for hydroxylation is 2. The van der Waals surface area contributed by atoms with Crippen LogP contribution in [0.5, 0.6) is 0 Å². The number of halogens is 1. The molecule has 2 heterocycles. The second kappa shape index (κ2) is 10.9. The highest BCUT2D eigenvalue weighted by atomic mass is 19.1. The van der Waals surface area contributed by atoms with Crippen molar-refractivity contribution in [1.82, 2.24) is 0 Å². The van der Waals surface area contributed by atoms with E-state index in [1.165, 1.54) is 56.1 Å². The van der Waals surface area contributed by atoms with Crippen LogP contribution in [0.4, 0.5) is 4.39 Å². The molecule has 0 bridgehead atoms. The van der Waals surface area contributed by atoms with Gasteiger partial charge in [-0.15, -0.1) is 0 Å². The fourth-order valence-electron chi connectivity index (χ4n) is 8.25. The van der Waals surface area contributed by atoms with Crippen molar-refractivity contribution in [3.8, 4) is 22.4 Å². The van der Waals surface area contributed by atoms with Crippen LogP contribution in [-0.2, 0) is 13.5 Å². The van der Waals surface area contributed by atoms with E-state index in [1.807, 2.05) is 6.07 Å². The molecule has 3 heteroatoms. The van der Waals surface area contributed by atoms with Crippen LogP contribution in [0.2, 0.25) is 0 Å². The number of aromatic nitrogens is 1. The van der Waals surface area contributed by atoms with Crippen LogP contribution in [0.3, 0.4) is 0 Å². The van der Waals surface area contributed by atoms with Gasteiger partial charge in [-0.25, -0.2) is 8.96 Å². The molecule has 5 aromatic rings. The van der Waals surface area contributed by atoms with Gasteiger partial charge in [-0.2, -0.15) is 0 Å². The van der Waals surface area contributed by atoms with E-state index < -0.39 is 0 Å². The quantitative estimate of drug-likeness (QED) is 0.195. The molecule has 2 aromatic heterocycles. The maximum atomic E-state index is 15.7. The molecular weight excluding hydrogens is 529 g/mol. The number of furan rings is 1. The van der Waals surface area contributed by atoms with E-state index in [9.17, 15) is 0 Å². The molecule has 3 unspecified atom stereocenters. The lowest BCUT2D eigenvalue weighted by Crippen LogP contribution is -2.31. The molecule has 2 saturated carbocycles. The third-order valence-electron chi connectivity index (χ3n) is 10.4. The molecule has 3 atom stereocenters. The number of fused-ring (bicyclic) bond motifs is 4. The number of hydrogen-bond acceptors (Lipinski definition) is 1. The van der Waals surface area contributed by atoms with Gasteiger partial charge in [0.15, 0.2) is 6.20 Å². The molecule has 43 heavy (non-hydrogen) atoms. The first kappa shape index (κ1) is 28.3. The maximum Gasteiger partial charge on any atom is 0.216 e. The van der Waals surface area contributed by atoms with E-state index in [0.29, 0.717) is 17.1 Å². The summed E-state index contributed by atoms with van der Waals surface area (Å²) in [5.41, 5.74) is 9.14. The first-order chi connectivity index (χ1) is 20.7. The Morgan fingerprint density at radius 2 is 1.51 bits per heavy atom. The zero-order valence-electron chi connectivity index (χ0n) is 26.5. The molecule has 2 fully saturated rings. The Balaban J connectivity index is 1.30. The average molecular weight is 575 g/mol. The molecule has 3 aromatic carbocycles. The van der Waals surface area contributed by atoms with E-state index in [4.69, 9.17) is 4.42 Å². The predicted molar refractivity (Wildman–Crippen MR) is 176 cm³/mol. The number of rotatable bonds is 4. The van der Waals surface area contributed by atoms with Gasteiger partial charge in [-0.05, 0) is 90.2 Å². The highest BCUT2D eigenvalue weighted by molar-refractivity contribution is 6.13. The van der Waals surface area contributed by atoms with Crippen LogP contribution in [0, 0.1) is 30.0 Å². The van der Waals surface area contributed by atoms with Gasteiger partial charge in [0.25, 0.3) is 0 Å². The molecule has 0 aliphatic heterocycles. The van der Waals surface area contributed by atoms with Gasteiger partial charge in [0, 0.05) is 22.9 Å². The monoisotopic (exact) mass is 574 g/mol. The Labute approximate surface area is 255 Å². The summed E-state index contributed by atoms with van der Waals surface area (Å²) in [7, 11) is 2.09. The molecule has 0 N–H and O–H groups in total. The molecule has 222 valence electrons. The van der Waals surface area contributed by atoms with Crippen LogP contribution in [0.1, 0.15) is 88.3 Å². The van der Waals surface area contributed by atoms with Gasteiger partial charge in [0.05, 0.1) is 11.1 Å². The lowest BCUT2D eigenvalue weighted by Gasteiger charge is -2.39. The summed E-state index contributed by atoms with van der Waals surface area (Å²) in [5, 5.41) is 1.99. The lowest BCUT2D eigenvalue weighted by atomic mass is 9.66. The minimum absolute atomic E-state index is 0.189. The van der Waals surface area contributed by atoms with E-state index in [2.05, 4.69) is 94.0 Å². The van der Waals surface area contributed by atoms with Crippen molar-refractivity contribution < 1.29 is 13.4 Å². The van der Waals surface area contributed by atoms with Crippen molar-refractivity contribution in [3.63, 3.8) is 0 Å². The van der Waals surface area contributed by atoms with Crippen LogP contribution < -0.4 is 4.57 Å². The van der Waals surface area contributed by atoms with Gasteiger partial charge < -0.3 is 4.42 Å². The molecule has 2 nitrogen and oxygen atoms in total. The normalized spacial score (nSPS) is 20.9. The zero-order chi connectivity index (χ0) is 29.9. The largest absolute Gasteiger partial charge is 0.454 e. The highest BCUT2D eigenvalue weighted by Crippen LogP contribution is 2.47. The standard InChI is InChI=1S/C40H45FNO/c1-25-10-17-32-33-18-19-34(41)37(29-14-11-28(12-15-29)31-16-13-27-8-6-7-9-30(27)23-31)39(33)43-38(32)36(25)35-22-26(20-21-42(35)5)24-40(2,3)4/h10-12,14-15,17-22,27,30-31H,6-9,13,16,23-24H2,1-5H3/q+1. The molecular formula is C40H45FNO+. The Morgan fingerprint density at radius 3 is 2.26 bits per heavy atom. The summed E-state index contributed by atoms with van der Waals surface area (Å²) in [5.74, 6) is 2.22. The van der Waals surface area contributed by atoms with Crippen molar-refractivity contribution in [1.29, 1.82) is 0 Å². The Morgan fingerprint density at radius 1 is 0.814 bits per heavy atom.